The van der Waals surface area contributed by atoms with Crippen LogP contribution in [0, 0.1) is 0 Å². The van der Waals surface area contributed by atoms with Crippen LogP contribution in [0.15, 0.2) is 47.4 Å². The third-order valence-corrected chi connectivity index (χ3v) is 6.33. The number of amides is 1. The van der Waals surface area contributed by atoms with Crippen LogP contribution in [-0.4, -0.2) is 55.0 Å². The third kappa shape index (κ3) is 4.21. The molecule has 1 aromatic carbocycles. The van der Waals surface area contributed by atoms with Crippen LogP contribution in [0.25, 0.3) is 5.76 Å². The van der Waals surface area contributed by atoms with Gasteiger partial charge in [0.1, 0.15) is 11.5 Å². The van der Waals surface area contributed by atoms with E-state index in [1.807, 2.05) is 17.5 Å². The number of quaternary nitrogens is 1. The second kappa shape index (κ2) is 9.24. The van der Waals surface area contributed by atoms with Gasteiger partial charge in [-0.1, -0.05) is 18.2 Å². The average Bonchev–Trinajstić information content (AvgIpc) is 3.36. The van der Waals surface area contributed by atoms with Crippen molar-refractivity contribution in [2.24, 2.45) is 0 Å². The van der Waals surface area contributed by atoms with Crippen LogP contribution in [0.4, 0.5) is 0 Å². The molecular weight excluding hydrogens is 388 g/mol. The van der Waals surface area contributed by atoms with Gasteiger partial charge in [0, 0.05) is 10.4 Å². The van der Waals surface area contributed by atoms with Gasteiger partial charge in [-0.15, -0.1) is 11.3 Å². The van der Waals surface area contributed by atoms with Crippen LogP contribution in [0.5, 0.6) is 5.75 Å². The smallest absolute Gasteiger partial charge is 0.295 e. The molecule has 1 atom stereocenters. The number of hydrogen-bond donors (Lipinski definition) is 2. The van der Waals surface area contributed by atoms with E-state index < -0.39 is 17.7 Å². The molecule has 1 aliphatic heterocycles. The van der Waals surface area contributed by atoms with Crippen molar-refractivity contribution in [3.63, 3.8) is 0 Å². The molecule has 29 heavy (non-hydrogen) atoms. The number of aliphatic hydroxyl groups excluding tert-OH is 1. The second-order valence-electron chi connectivity index (χ2n) is 6.95. The largest absolute Gasteiger partial charge is 0.507 e. The fourth-order valence-electron chi connectivity index (χ4n) is 3.66. The number of Topliss-reactive ketones (excluding diaryl/α,β-unsaturated/α-hetero) is 1. The molecule has 1 fully saturated rings. The highest BCUT2D eigenvalue weighted by Crippen LogP contribution is 2.41. The molecule has 0 aliphatic carbocycles. The molecule has 0 saturated carbocycles. The number of ketones is 1. The molecule has 0 radical (unpaired) electrons. The first-order valence-electron chi connectivity index (χ1n) is 9.81. The highest BCUT2D eigenvalue weighted by molar-refractivity contribution is 7.10. The number of aliphatic hydroxyl groups is 1. The number of carbonyl (C=O) groups excluding carboxylic acids is 2. The molecule has 0 unspecified atom stereocenters. The summed E-state index contributed by atoms with van der Waals surface area (Å²) in [4.78, 5) is 29.6. The number of rotatable bonds is 8. The fraction of sp³-hybridized carbons (Fsp3) is 0.364. The number of hydrogen-bond acceptors (Lipinski definition) is 5. The van der Waals surface area contributed by atoms with E-state index in [0.29, 0.717) is 17.9 Å². The highest BCUT2D eigenvalue weighted by Gasteiger charge is 2.46. The number of carbonyl (C=O) groups is 2. The predicted molar refractivity (Wildman–Crippen MR) is 113 cm³/mol. The first-order valence-corrected chi connectivity index (χ1v) is 10.7. The molecule has 6 nitrogen and oxygen atoms in total. The summed E-state index contributed by atoms with van der Waals surface area (Å²) in [5, 5.41) is 12.9. The number of nitrogens with zero attached hydrogens (tertiary/aromatic N) is 1. The molecular formula is C22H27N2O4S+. The van der Waals surface area contributed by atoms with Gasteiger partial charge >= 0.3 is 0 Å². The molecule has 1 saturated heterocycles. The van der Waals surface area contributed by atoms with E-state index in [2.05, 4.69) is 13.8 Å². The molecule has 2 aromatic rings. The summed E-state index contributed by atoms with van der Waals surface area (Å²) in [6.07, 6.45) is 0. The van der Waals surface area contributed by atoms with E-state index in [4.69, 9.17) is 4.74 Å². The van der Waals surface area contributed by atoms with Crippen LogP contribution >= 0.6 is 11.3 Å². The van der Waals surface area contributed by atoms with E-state index in [1.54, 1.807) is 36.3 Å². The average molecular weight is 416 g/mol. The van der Waals surface area contributed by atoms with Gasteiger partial charge in [-0.25, -0.2) is 0 Å². The van der Waals surface area contributed by atoms with Gasteiger partial charge in [0.15, 0.2) is 0 Å². The van der Waals surface area contributed by atoms with E-state index in [9.17, 15) is 14.7 Å². The van der Waals surface area contributed by atoms with Gasteiger partial charge in [0.25, 0.3) is 11.7 Å². The Bertz CT molecular complexity index is 903. The van der Waals surface area contributed by atoms with Gasteiger partial charge in [-0.2, -0.15) is 0 Å². The third-order valence-electron chi connectivity index (χ3n) is 5.40. The van der Waals surface area contributed by atoms with Crippen molar-refractivity contribution < 1.29 is 24.3 Å². The molecule has 154 valence electrons. The maximum Gasteiger partial charge on any atom is 0.295 e. The normalized spacial score (nSPS) is 18.6. The first-order chi connectivity index (χ1) is 14.0. The summed E-state index contributed by atoms with van der Waals surface area (Å²) in [5.74, 6) is -0.794. The molecule has 1 aliphatic rings. The van der Waals surface area contributed by atoms with Crippen molar-refractivity contribution in [3.8, 4) is 5.75 Å². The lowest BCUT2D eigenvalue weighted by Gasteiger charge is -2.25. The Morgan fingerprint density at radius 2 is 1.97 bits per heavy atom. The van der Waals surface area contributed by atoms with Crippen LogP contribution in [-0.2, 0) is 9.59 Å². The van der Waals surface area contributed by atoms with Crippen LogP contribution < -0.4 is 9.64 Å². The van der Waals surface area contributed by atoms with Gasteiger partial charge < -0.3 is 19.6 Å². The van der Waals surface area contributed by atoms with Crippen molar-refractivity contribution in [1.82, 2.24) is 4.90 Å². The Labute approximate surface area is 175 Å². The van der Waals surface area contributed by atoms with Crippen molar-refractivity contribution in [2.45, 2.75) is 19.9 Å². The van der Waals surface area contributed by atoms with Gasteiger partial charge in [-0.05, 0) is 37.4 Å². The molecule has 2 heterocycles. The van der Waals surface area contributed by atoms with E-state index in [0.717, 1.165) is 24.5 Å². The topological polar surface area (TPSA) is 71.3 Å². The van der Waals surface area contributed by atoms with E-state index in [-0.39, 0.29) is 11.3 Å². The quantitative estimate of drug-likeness (QED) is 0.394. The monoisotopic (exact) mass is 415 g/mol. The van der Waals surface area contributed by atoms with Crippen molar-refractivity contribution in [3.05, 3.63) is 57.8 Å². The molecule has 0 bridgehead atoms. The summed E-state index contributed by atoms with van der Waals surface area (Å²) in [6, 6.07) is 10.1. The van der Waals surface area contributed by atoms with Crippen LogP contribution in [0.3, 0.4) is 0 Å². The first kappa shape index (κ1) is 21.1. The summed E-state index contributed by atoms with van der Waals surface area (Å²) >= 11 is 1.47. The molecule has 3 rings (SSSR count). The predicted octanol–water partition coefficient (Wildman–Crippen LogP) is 2.10. The van der Waals surface area contributed by atoms with E-state index in [1.165, 1.54) is 16.2 Å². The minimum atomic E-state index is -0.640. The van der Waals surface area contributed by atoms with Gasteiger partial charge in [-0.3, -0.25) is 9.59 Å². The Hall–Kier alpha value is -2.64. The number of ether oxygens (including phenoxy) is 1. The minimum absolute atomic E-state index is 0.139. The standard InChI is InChI=1S/C22H26N2O4S/c1-4-23(5-2)11-12-24-19(17-10-7-13-29-17)18(21(26)22(24)27)20(25)15-8-6-9-16(14-15)28-3/h6-10,13-14,19,25H,4-5,11-12H2,1-3H3/p+1/t19-/m1/s1. The number of likely N-dealkylation sites (tertiary alicyclic amines) is 1. The number of thiophene rings is 1. The summed E-state index contributed by atoms with van der Waals surface area (Å²) in [5.41, 5.74) is 0.596. The van der Waals surface area contributed by atoms with E-state index >= 15 is 0 Å². The van der Waals surface area contributed by atoms with Crippen molar-refractivity contribution in [1.29, 1.82) is 0 Å². The van der Waals surface area contributed by atoms with Crippen molar-refractivity contribution >= 4 is 28.8 Å². The lowest BCUT2D eigenvalue weighted by Crippen LogP contribution is -3.12. The Morgan fingerprint density at radius 1 is 1.21 bits per heavy atom. The highest BCUT2D eigenvalue weighted by atomic mass is 32.1. The van der Waals surface area contributed by atoms with Gasteiger partial charge in [0.05, 0.1) is 44.9 Å². The molecule has 1 amide bonds. The Balaban J connectivity index is 2.05. The number of likely N-dealkylation sites (N-methyl/N-ethyl adjacent to an activating group) is 1. The number of methoxy groups -OCH3 is 1. The molecule has 7 heteroatoms. The molecule has 0 spiro atoms. The fourth-order valence-corrected chi connectivity index (χ4v) is 4.51. The SMILES string of the molecule is CC[NH+](CC)CCN1C(=O)C(=O)C(=C(O)c2cccc(OC)c2)[C@H]1c1cccs1. The number of benzene rings is 1. The minimum Gasteiger partial charge on any atom is -0.507 e. The second-order valence-corrected chi connectivity index (χ2v) is 7.93. The maximum absolute atomic E-state index is 12.9. The summed E-state index contributed by atoms with van der Waals surface area (Å²) in [7, 11) is 1.54. The molecule has 2 N–H and O–H groups in total. The Kier molecular flexibility index (Phi) is 6.71. The van der Waals surface area contributed by atoms with Gasteiger partial charge in [0.2, 0.25) is 0 Å². The zero-order valence-electron chi connectivity index (χ0n) is 17.0. The van der Waals surface area contributed by atoms with Crippen LogP contribution in [0.2, 0.25) is 0 Å². The maximum atomic E-state index is 12.9. The zero-order valence-corrected chi connectivity index (χ0v) is 17.8. The summed E-state index contributed by atoms with van der Waals surface area (Å²) < 4.78 is 5.23. The van der Waals surface area contributed by atoms with Crippen molar-refractivity contribution in [2.75, 3.05) is 33.3 Å². The zero-order chi connectivity index (χ0) is 21.0. The number of nitrogens with one attached hydrogen (secondary N) is 1. The Morgan fingerprint density at radius 3 is 2.59 bits per heavy atom. The lowest BCUT2D eigenvalue weighted by molar-refractivity contribution is -0.895. The van der Waals surface area contributed by atoms with Crippen LogP contribution in [0.1, 0.15) is 30.3 Å². The lowest BCUT2D eigenvalue weighted by atomic mass is 10.00. The summed E-state index contributed by atoms with van der Waals surface area (Å²) in [6.45, 7) is 7.32. The molecule has 1 aromatic heterocycles.